The highest BCUT2D eigenvalue weighted by Gasteiger charge is 2.37. The Balaban J connectivity index is 1.49. The van der Waals surface area contributed by atoms with Crippen molar-refractivity contribution in [2.24, 2.45) is 5.92 Å². The second-order valence-electron chi connectivity index (χ2n) is 6.25. The van der Waals surface area contributed by atoms with Crippen LogP contribution in [0.15, 0.2) is 22.7 Å². The monoisotopic (exact) mass is 340 g/mol. The Labute approximate surface area is 128 Å². The Morgan fingerprint density at radius 2 is 2.00 bits per heavy atom. The average molecular weight is 341 g/mol. The highest BCUT2D eigenvalue weighted by molar-refractivity contribution is 9.10. The summed E-state index contributed by atoms with van der Waals surface area (Å²) in [6.45, 7) is 1.88. The van der Waals surface area contributed by atoms with Gasteiger partial charge in [0, 0.05) is 23.1 Å². The van der Waals surface area contributed by atoms with Gasteiger partial charge in [-0.15, -0.1) is 0 Å². The van der Waals surface area contributed by atoms with Crippen LogP contribution < -0.4 is 5.32 Å². The first-order valence-corrected chi connectivity index (χ1v) is 8.29. The van der Waals surface area contributed by atoms with E-state index in [1.807, 2.05) is 6.07 Å². The Hall–Kier alpha value is -0.450. The summed E-state index contributed by atoms with van der Waals surface area (Å²) in [6, 6.07) is 6.52. The molecule has 0 spiro atoms. The largest absolute Gasteiger partial charge is 0.312 e. The Morgan fingerprint density at radius 3 is 2.65 bits per heavy atom. The van der Waals surface area contributed by atoms with E-state index in [4.69, 9.17) is 0 Å². The van der Waals surface area contributed by atoms with Gasteiger partial charge in [-0.1, -0.05) is 22.0 Å². The molecule has 0 saturated carbocycles. The van der Waals surface area contributed by atoms with Gasteiger partial charge in [-0.3, -0.25) is 0 Å². The number of hydrogen-bond acceptors (Lipinski definition) is 2. The highest BCUT2D eigenvalue weighted by atomic mass is 79.9. The van der Waals surface area contributed by atoms with Crippen molar-refractivity contribution in [1.82, 2.24) is 10.2 Å². The third kappa shape index (κ3) is 3.07. The number of benzene rings is 1. The van der Waals surface area contributed by atoms with Crippen LogP contribution in [0.2, 0.25) is 0 Å². The van der Waals surface area contributed by atoms with E-state index in [0.717, 1.165) is 41.1 Å². The maximum absolute atomic E-state index is 13.0. The van der Waals surface area contributed by atoms with E-state index in [2.05, 4.69) is 33.2 Å². The predicted octanol–water partition coefficient (Wildman–Crippen LogP) is 3.55. The second-order valence-corrected chi connectivity index (χ2v) is 7.11. The van der Waals surface area contributed by atoms with Crippen molar-refractivity contribution >= 4 is 15.9 Å². The lowest BCUT2D eigenvalue weighted by atomic mass is 9.91. The molecule has 0 amide bonds. The molecule has 0 aliphatic carbocycles. The fourth-order valence-electron chi connectivity index (χ4n) is 3.77. The fraction of sp³-hybridized carbons (Fsp3) is 0.625. The maximum Gasteiger partial charge on any atom is 0.124 e. The van der Waals surface area contributed by atoms with E-state index in [1.165, 1.54) is 37.8 Å². The molecule has 3 rings (SSSR count). The first-order chi connectivity index (χ1) is 9.63. The summed E-state index contributed by atoms with van der Waals surface area (Å²) in [5.74, 6) is 0.607. The second kappa shape index (κ2) is 6.12. The summed E-state index contributed by atoms with van der Waals surface area (Å²) in [5, 5.41) is 3.54. The normalized spacial score (nSPS) is 29.9. The summed E-state index contributed by atoms with van der Waals surface area (Å²) in [6.07, 6.45) is 5.40. The van der Waals surface area contributed by atoms with Crippen molar-refractivity contribution in [2.75, 3.05) is 13.6 Å². The van der Waals surface area contributed by atoms with Crippen LogP contribution >= 0.6 is 15.9 Å². The van der Waals surface area contributed by atoms with Crippen molar-refractivity contribution in [1.29, 1.82) is 0 Å². The molecular weight excluding hydrogens is 319 g/mol. The van der Waals surface area contributed by atoms with Crippen LogP contribution in [-0.2, 0) is 6.54 Å². The zero-order chi connectivity index (χ0) is 14.1. The lowest BCUT2D eigenvalue weighted by Crippen LogP contribution is -2.42. The zero-order valence-corrected chi connectivity index (χ0v) is 13.5. The fourth-order valence-corrected chi connectivity index (χ4v) is 4.26. The lowest BCUT2D eigenvalue weighted by Gasteiger charge is -2.36. The first kappa shape index (κ1) is 14.5. The Morgan fingerprint density at radius 1 is 1.30 bits per heavy atom. The Kier molecular flexibility index (Phi) is 4.43. The van der Waals surface area contributed by atoms with Gasteiger partial charge in [-0.2, -0.15) is 0 Å². The van der Waals surface area contributed by atoms with Crippen molar-refractivity contribution in [3.05, 3.63) is 34.1 Å². The number of piperidine rings is 1. The standard InChI is InChI=1S/C16H22BrFN2/c1-20-14-4-5-15(20)7-11(6-14)9-19-10-12-2-3-13(18)8-16(12)17/h2-3,8,11,14-15,19H,4-7,9-10H2,1H3. The van der Waals surface area contributed by atoms with Crippen LogP contribution in [0.5, 0.6) is 0 Å². The van der Waals surface area contributed by atoms with Crippen molar-refractivity contribution in [2.45, 2.75) is 44.3 Å². The van der Waals surface area contributed by atoms with Gasteiger partial charge in [0.25, 0.3) is 0 Å². The molecule has 1 aromatic carbocycles. The average Bonchev–Trinajstić information content (AvgIpc) is 2.64. The molecule has 2 aliphatic heterocycles. The SMILES string of the molecule is CN1C2CCC1CC(CNCc1ccc(F)cc1Br)C2. The quantitative estimate of drug-likeness (QED) is 0.901. The van der Waals surface area contributed by atoms with Crippen molar-refractivity contribution < 1.29 is 4.39 Å². The predicted molar refractivity (Wildman–Crippen MR) is 83.1 cm³/mol. The van der Waals surface area contributed by atoms with Gasteiger partial charge in [-0.25, -0.2) is 4.39 Å². The number of hydrogen-bond donors (Lipinski definition) is 1. The van der Waals surface area contributed by atoms with Gasteiger partial charge >= 0.3 is 0 Å². The van der Waals surface area contributed by atoms with E-state index >= 15 is 0 Å². The summed E-state index contributed by atoms with van der Waals surface area (Å²) < 4.78 is 13.9. The van der Waals surface area contributed by atoms with E-state index < -0.39 is 0 Å². The van der Waals surface area contributed by atoms with Gasteiger partial charge in [-0.05, 0) is 62.9 Å². The molecular formula is C16H22BrFN2. The molecule has 4 heteroatoms. The van der Waals surface area contributed by atoms with Crippen LogP contribution in [0.3, 0.4) is 0 Å². The number of halogens is 2. The topological polar surface area (TPSA) is 15.3 Å². The smallest absolute Gasteiger partial charge is 0.124 e. The first-order valence-electron chi connectivity index (χ1n) is 7.50. The molecule has 2 heterocycles. The van der Waals surface area contributed by atoms with Gasteiger partial charge in [0.1, 0.15) is 5.82 Å². The minimum absolute atomic E-state index is 0.187. The van der Waals surface area contributed by atoms with Gasteiger partial charge < -0.3 is 10.2 Å². The number of fused-ring (bicyclic) bond motifs is 2. The molecule has 0 radical (unpaired) electrons. The molecule has 2 nitrogen and oxygen atoms in total. The molecule has 110 valence electrons. The van der Waals surface area contributed by atoms with Crippen LogP contribution in [-0.4, -0.2) is 30.6 Å². The van der Waals surface area contributed by atoms with Crippen LogP contribution in [0.4, 0.5) is 4.39 Å². The van der Waals surface area contributed by atoms with Gasteiger partial charge in [0.15, 0.2) is 0 Å². The van der Waals surface area contributed by atoms with E-state index in [0.29, 0.717) is 0 Å². The van der Waals surface area contributed by atoms with Crippen LogP contribution in [0.1, 0.15) is 31.2 Å². The summed E-state index contributed by atoms with van der Waals surface area (Å²) in [7, 11) is 2.28. The minimum atomic E-state index is -0.187. The molecule has 2 saturated heterocycles. The maximum atomic E-state index is 13.0. The van der Waals surface area contributed by atoms with Gasteiger partial charge in [0.2, 0.25) is 0 Å². The molecule has 2 aliphatic rings. The van der Waals surface area contributed by atoms with Crippen LogP contribution in [0.25, 0.3) is 0 Å². The summed E-state index contributed by atoms with van der Waals surface area (Å²) in [4.78, 5) is 2.58. The molecule has 2 bridgehead atoms. The Bertz CT molecular complexity index is 466. The van der Waals surface area contributed by atoms with E-state index in [-0.39, 0.29) is 5.82 Å². The summed E-state index contributed by atoms with van der Waals surface area (Å²) in [5.41, 5.74) is 1.13. The molecule has 2 fully saturated rings. The van der Waals surface area contributed by atoms with Crippen molar-refractivity contribution in [3.8, 4) is 0 Å². The van der Waals surface area contributed by atoms with Gasteiger partial charge in [0.05, 0.1) is 0 Å². The molecule has 1 N–H and O–H groups in total. The molecule has 0 aromatic heterocycles. The molecule has 20 heavy (non-hydrogen) atoms. The van der Waals surface area contributed by atoms with E-state index in [9.17, 15) is 4.39 Å². The lowest BCUT2D eigenvalue weighted by molar-refractivity contribution is 0.133. The molecule has 1 aromatic rings. The molecule has 2 atom stereocenters. The number of nitrogens with one attached hydrogen (secondary N) is 1. The van der Waals surface area contributed by atoms with Crippen LogP contribution in [0, 0.1) is 11.7 Å². The third-order valence-corrected chi connectivity index (χ3v) is 5.70. The number of rotatable bonds is 4. The minimum Gasteiger partial charge on any atom is -0.312 e. The third-order valence-electron chi connectivity index (χ3n) is 4.96. The highest BCUT2D eigenvalue weighted by Crippen LogP contribution is 2.37. The van der Waals surface area contributed by atoms with E-state index in [1.54, 1.807) is 0 Å². The number of nitrogens with zero attached hydrogens (tertiary/aromatic N) is 1. The summed E-state index contributed by atoms with van der Waals surface area (Å²) >= 11 is 3.42. The zero-order valence-electron chi connectivity index (χ0n) is 11.9. The van der Waals surface area contributed by atoms with Crippen molar-refractivity contribution in [3.63, 3.8) is 0 Å². The molecule has 2 unspecified atom stereocenters.